The molecule has 0 saturated carbocycles. The minimum atomic E-state index is -0.326. The van der Waals surface area contributed by atoms with Gasteiger partial charge in [-0.2, -0.15) is 0 Å². The molecule has 0 aliphatic heterocycles. The summed E-state index contributed by atoms with van der Waals surface area (Å²) in [6.45, 7) is 0. The molecule has 1 aromatic rings. The predicted molar refractivity (Wildman–Crippen MR) is 51.6 cm³/mol. The zero-order valence-corrected chi connectivity index (χ0v) is 7.90. The van der Waals surface area contributed by atoms with Crippen LogP contribution in [-0.2, 0) is 11.2 Å². The molecule has 2 N–H and O–H groups in total. The van der Waals surface area contributed by atoms with Crippen LogP contribution in [0, 0.1) is 0 Å². The van der Waals surface area contributed by atoms with E-state index in [2.05, 4.69) is 4.98 Å². The Morgan fingerprint density at radius 3 is 2.58 bits per heavy atom. The van der Waals surface area contributed by atoms with Crippen LogP contribution >= 0.6 is 24.8 Å². The van der Waals surface area contributed by atoms with Crippen molar-refractivity contribution in [3.8, 4) is 0 Å². The summed E-state index contributed by atoms with van der Waals surface area (Å²) in [5.41, 5.74) is 5.81. The third-order valence-corrected chi connectivity index (χ3v) is 1.10. The first-order valence-corrected chi connectivity index (χ1v) is 2.96. The zero-order chi connectivity index (χ0) is 7.40. The number of aromatic nitrogens is 1. The maximum atomic E-state index is 10.4. The Labute approximate surface area is 83.2 Å². The van der Waals surface area contributed by atoms with Gasteiger partial charge in [0.05, 0.1) is 6.42 Å². The second kappa shape index (κ2) is 6.88. The summed E-state index contributed by atoms with van der Waals surface area (Å²) < 4.78 is 0. The molecule has 0 aromatic carbocycles. The molecule has 1 heterocycles. The number of halogens is 2. The third-order valence-electron chi connectivity index (χ3n) is 1.10. The Morgan fingerprint density at radius 1 is 1.50 bits per heavy atom. The van der Waals surface area contributed by atoms with Crippen LogP contribution in [0.3, 0.4) is 0 Å². The normalized spacial score (nSPS) is 7.67. The molecular weight excluding hydrogens is 199 g/mol. The van der Waals surface area contributed by atoms with Gasteiger partial charge < -0.3 is 5.73 Å². The van der Waals surface area contributed by atoms with Crippen LogP contribution in [0.15, 0.2) is 24.5 Å². The second-order valence-electron chi connectivity index (χ2n) is 2.00. The maximum absolute atomic E-state index is 10.4. The molecule has 0 unspecified atom stereocenters. The van der Waals surface area contributed by atoms with Crippen molar-refractivity contribution in [2.45, 2.75) is 6.42 Å². The number of carbonyl (C=O) groups excluding carboxylic acids is 1. The first-order chi connectivity index (χ1) is 4.79. The van der Waals surface area contributed by atoms with Crippen LogP contribution < -0.4 is 5.73 Å². The Bertz CT molecular complexity index is 228. The lowest BCUT2D eigenvalue weighted by Crippen LogP contribution is -2.13. The van der Waals surface area contributed by atoms with Gasteiger partial charge in [0.15, 0.2) is 0 Å². The third kappa shape index (κ3) is 4.93. The van der Waals surface area contributed by atoms with Crippen LogP contribution in [0.4, 0.5) is 0 Å². The number of hydrogen-bond donors (Lipinski definition) is 1. The number of nitrogens with zero attached hydrogens (tertiary/aromatic N) is 1. The first kappa shape index (κ1) is 13.8. The summed E-state index contributed by atoms with van der Waals surface area (Å²) in [7, 11) is 0. The first-order valence-electron chi connectivity index (χ1n) is 2.96. The van der Waals surface area contributed by atoms with Crippen molar-refractivity contribution in [2.75, 3.05) is 0 Å². The van der Waals surface area contributed by atoms with Crippen molar-refractivity contribution < 1.29 is 4.79 Å². The van der Waals surface area contributed by atoms with E-state index < -0.39 is 0 Å². The Balaban J connectivity index is 0. The van der Waals surface area contributed by atoms with Crippen molar-refractivity contribution in [2.24, 2.45) is 5.73 Å². The van der Waals surface area contributed by atoms with Gasteiger partial charge in [-0.05, 0) is 11.6 Å². The van der Waals surface area contributed by atoms with Crippen LogP contribution in [-0.4, -0.2) is 10.9 Å². The van der Waals surface area contributed by atoms with E-state index in [0.29, 0.717) is 0 Å². The SMILES string of the molecule is Cl.Cl.NC(=O)Cc1cccnc1. The van der Waals surface area contributed by atoms with Crippen molar-refractivity contribution in [1.82, 2.24) is 4.98 Å². The van der Waals surface area contributed by atoms with Crippen LogP contribution in [0.2, 0.25) is 0 Å². The van der Waals surface area contributed by atoms with Gasteiger partial charge in [-0.15, -0.1) is 24.8 Å². The minimum absolute atomic E-state index is 0. The number of pyridine rings is 1. The molecule has 0 saturated heterocycles. The van der Waals surface area contributed by atoms with E-state index in [9.17, 15) is 4.79 Å². The molecule has 0 fully saturated rings. The second-order valence-corrected chi connectivity index (χ2v) is 2.00. The maximum Gasteiger partial charge on any atom is 0.221 e. The quantitative estimate of drug-likeness (QED) is 0.788. The number of hydrogen-bond acceptors (Lipinski definition) is 2. The molecule has 0 atom stereocenters. The largest absolute Gasteiger partial charge is 0.369 e. The summed E-state index contributed by atoms with van der Waals surface area (Å²) in [5.74, 6) is -0.326. The summed E-state index contributed by atoms with van der Waals surface area (Å²) in [5, 5.41) is 0. The molecule has 0 aliphatic carbocycles. The Morgan fingerprint density at radius 2 is 2.17 bits per heavy atom. The average Bonchev–Trinajstić information content (AvgIpc) is 1.88. The molecule has 1 amide bonds. The highest BCUT2D eigenvalue weighted by Gasteiger charge is 1.95. The fourth-order valence-corrected chi connectivity index (χ4v) is 0.704. The highest BCUT2D eigenvalue weighted by molar-refractivity contribution is 5.85. The number of rotatable bonds is 2. The van der Waals surface area contributed by atoms with E-state index in [-0.39, 0.29) is 37.1 Å². The lowest BCUT2D eigenvalue weighted by molar-refractivity contribution is -0.117. The Hall–Kier alpha value is -0.800. The topological polar surface area (TPSA) is 56.0 Å². The highest BCUT2D eigenvalue weighted by Crippen LogP contribution is 1.94. The van der Waals surface area contributed by atoms with E-state index in [1.54, 1.807) is 18.5 Å². The van der Waals surface area contributed by atoms with E-state index in [1.165, 1.54) is 0 Å². The molecule has 5 heteroatoms. The summed E-state index contributed by atoms with van der Waals surface area (Å²) >= 11 is 0. The molecule has 68 valence electrons. The van der Waals surface area contributed by atoms with Gasteiger partial charge in [0.1, 0.15) is 0 Å². The number of nitrogens with two attached hydrogens (primary N) is 1. The standard InChI is InChI=1S/C7H8N2O.2ClH/c8-7(10)4-6-2-1-3-9-5-6;;/h1-3,5H,4H2,(H2,8,10);2*1H. The molecule has 0 radical (unpaired) electrons. The highest BCUT2D eigenvalue weighted by atomic mass is 35.5. The van der Waals surface area contributed by atoms with Gasteiger partial charge in [0.25, 0.3) is 0 Å². The zero-order valence-electron chi connectivity index (χ0n) is 6.27. The Kier molecular flexibility index (Phi) is 7.90. The fraction of sp³-hybridized carbons (Fsp3) is 0.143. The molecule has 0 bridgehead atoms. The average molecular weight is 209 g/mol. The van der Waals surface area contributed by atoms with Crippen LogP contribution in [0.5, 0.6) is 0 Å². The predicted octanol–water partition coefficient (Wildman–Crippen LogP) is 0.953. The van der Waals surface area contributed by atoms with E-state index in [1.807, 2.05) is 6.07 Å². The van der Waals surface area contributed by atoms with E-state index in [0.717, 1.165) is 5.56 Å². The summed E-state index contributed by atoms with van der Waals surface area (Å²) in [6.07, 6.45) is 3.56. The smallest absolute Gasteiger partial charge is 0.221 e. The fourth-order valence-electron chi connectivity index (χ4n) is 0.704. The van der Waals surface area contributed by atoms with Gasteiger partial charge in [-0.3, -0.25) is 9.78 Å². The van der Waals surface area contributed by atoms with Gasteiger partial charge in [-0.25, -0.2) is 0 Å². The van der Waals surface area contributed by atoms with Crippen molar-refractivity contribution in [1.29, 1.82) is 0 Å². The minimum Gasteiger partial charge on any atom is -0.369 e. The summed E-state index contributed by atoms with van der Waals surface area (Å²) in [6, 6.07) is 3.59. The summed E-state index contributed by atoms with van der Waals surface area (Å²) in [4.78, 5) is 14.2. The van der Waals surface area contributed by atoms with Crippen LogP contribution in [0.1, 0.15) is 5.56 Å². The van der Waals surface area contributed by atoms with Crippen molar-refractivity contribution in [3.63, 3.8) is 0 Å². The molecule has 12 heavy (non-hydrogen) atoms. The van der Waals surface area contributed by atoms with Crippen molar-refractivity contribution >= 4 is 30.7 Å². The van der Waals surface area contributed by atoms with Gasteiger partial charge in [0.2, 0.25) is 5.91 Å². The monoisotopic (exact) mass is 208 g/mol. The molecule has 0 aliphatic rings. The number of carbonyl (C=O) groups is 1. The number of primary amides is 1. The van der Waals surface area contributed by atoms with Crippen LogP contribution in [0.25, 0.3) is 0 Å². The molecule has 3 nitrogen and oxygen atoms in total. The van der Waals surface area contributed by atoms with Gasteiger partial charge in [-0.1, -0.05) is 6.07 Å². The van der Waals surface area contributed by atoms with E-state index in [4.69, 9.17) is 5.73 Å². The van der Waals surface area contributed by atoms with Crippen molar-refractivity contribution in [3.05, 3.63) is 30.1 Å². The number of amides is 1. The van der Waals surface area contributed by atoms with Gasteiger partial charge in [0, 0.05) is 12.4 Å². The molecule has 1 aromatic heterocycles. The molecule has 0 spiro atoms. The van der Waals surface area contributed by atoms with E-state index >= 15 is 0 Å². The lowest BCUT2D eigenvalue weighted by atomic mass is 10.2. The lowest BCUT2D eigenvalue weighted by Gasteiger charge is -1.92. The molecule has 1 rings (SSSR count). The molecular formula is C7H10Cl2N2O. The van der Waals surface area contributed by atoms with Gasteiger partial charge >= 0.3 is 0 Å².